The third-order valence-electron chi connectivity index (χ3n) is 4.50. The topological polar surface area (TPSA) is 32.8 Å². The summed E-state index contributed by atoms with van der Waals surface area (Å²) in [7, 11) is 3.69. The Morgan fingerprint density at radius 3 is 2.59 bits per heavy atom. The molecule has 1 saturated heterocycles. The van der Waals surface area contributed by atoms with E-state index in [0.29, 0.717) is 0 Å². The largest absolute Gasteiger partial charge is 0.497 e. The van der Waals surface area contributed by atoms with Crippen LogP contribution in [0.4, 0.5) is 0 Å². The fourth-order valence-electron chi connectivity index (χ4n) is 2.94. The molecule has 1 atom stereocenters. The summed E-state index contributed by atoms with van der Waals surface area (Å²) in [6, 6.07) is 7.93. The van der Waals surface area contributed by atoms with Gasteiger partial charge in [-0.3, -0.25) is 9.69 Å². The summed E-state index contributed by atoms with van der Waals surface area (Å²) >= 11 is 0. The minimum absolute atomic E-state index is 0.0932. The zero-order valence-corrected chi connectivity index (χ0v) is 14.0. The van der Waals surface area contributed by atoms with Crippen LogP contribution in [0.1, 0.15) is 38.2 Å². The smallest absolute Gasteiger partial charge is 0.239 e. The molecule has 4 nitrogen and oxygen atoms in total. The Kier molecular flexibility index (Phi) is 6.25. The zero-order chi connectivity index (χ0) is 15.9. The van der Waals surface area contributed by atoms with Crippen LogP contribution in [0.15, 0.2) is 24.3 Å². The average molecular weight is 304 g/mol. The van der Waals surface area contributed by atoms with E-state index in [9.17, 15) is 4.79 Å². The van der Waals surface area contributed by atoms with Crippen LogP contribution in [0.25, 0.3) is 0 Å². The van der Waals surface area contributed by atoms with Crippen molar-refractivity contribution in [3.05, 3.63) is 29.8 Å². The van der Waals surface area contributed by atoms with Gasteiger partial charge in [-0.15, -0.1) is 0 Å². The normalized spacial score (nSPS) is 17.2. The third-order valence-corrected chi connectivity index (χ3v) is 4.50. The molecule has 1 heterocycles. The van der Waals surface area contributed by atoms with Crippen LogP contribution in [0.5, 0.6) is 5.75 Å². The highest BCUT2D eigenvalue weighted by molar-refractivity contribution is 5.81. The Morgan fingerprint density at radius 1 is 1.27 bits per heavy atom. The van der Waals surface area contributed by atoms with Gasteiger partial charge in [-0.2, -0.15) is 0 Å². The van der Waals surface area contributed by atoms with E-state index >= 15 is 0 Å². The summed E-state index contributed by atoms with van der Waals surface area (Å²) in [5.74, 6) is 1.12. The van der Waals surface area contributed by atoms with Crippen molar-refractivity contribution in [2.45, 2.75) is 45.2 Å². The monoisotopic (exact) mass is 304 g/mol. The van der Waals surface area contributed by atoms with Crippen LogP contribution in [0.2, 0.25) is 0 Å². The molecule has 0 spiro atoms. The summed E-state index contributed by atoms with van der Waals surface area (Å²) < 4.78 is 5.26. The van der Waals surface area contributed by atoms with E-state index in [4.69, 9.17) is 4.74 Å². The Bertz CT molecular complexity index is 482. The first-order valence-corrected chi connectivity index (χ1v) is 8.24. The minimum Gasteiger partial charge on any atom is -0.497 e. The molecule has 1 aliphatic heterocycles. The van der Waals surface area contributed by atoms with Crippen molar-refractivity contribution in [3.63, 3.8) is 0 Å². The number of hydrogen-bond acceptors (Lipinski definition) is 3. The fraction of sp³-hybridized carbons (Fsp3) is 0.611. The van der Waals surface area contributed by atoms with Crippen LogP contribution in [0.3, 0.4) is 0 Å². The number of likely N-dealkylation sites (N-methyl/N-ethyl adjacent to an activating group) is 1. The first kappa shape index (κ1) is 16.8. The lowest BCUT2D eigenvalue weighted by Crippen LogP contribution is -2.45. The lowest BCUT2D eigenvalue weighted by molar-refractivity contribution is -0.136. The van der Waals surface area contributed by atoms with E-state index in [1.165, 1.54) is 12.8 Å². The maximum Gasteiger partial charge on any atom is 0.239 e. The SMILES string of the molecule is COc1cccc(CN(C)C(C)C(=O)N2CCCCCC2)c1. The maximum absolute atomic E-state index is 12.7. The van der Waals surface area contributed by atoms with E-state index in [1.54, 1.807) is 7.11 Å². The molecule has 1 unspecified atom stereocenters. The van der Waals surface area contributed by atoms with Crippen molar-refractivity contribution in [1.29, 1.82) is 0 Å². The molecule has 2 rings (SSSR count). The second-order valence-corrected chi connectivity index (χ2v) is 6.18. The van der Waals surface area contributed by atoms with E-state index in [-0.39, 0.29) is 11.9 Å². The van der Waals surface area contributed by atoms with Gasteiger partial charge >= 0.3 is 0 Å². The van der Waals surface area contributed by atoms with Gasteiger partial charge in [0.1, 0.15) is 5.75 Å². The van der Waals surface area contributed by atoms with Gasteiger partial charge < -0.3 is 9.64 Å². The first-order valence-electron chi connectivity index (χ1n) is 8.24. The Labute approximate surface area is 134 Å². The molecule has 122 valence electrons. The van der Waals surface area contributed by atoms with Crippen molar-refractivity contribution in [2.24, 2.45) is 0 Å². The fourth-order valence-corrected chi connectivity index (χ4v) is 2.94. The molecule has 1 aliphatic rings. The van der Waals surface area contributed by atoms with Crippen LogP contribution in [-0.2, 0) is 11.3 Å². The minimum atomic E-state index is -0.0932. The Morgan fingerprint density at radius 2 is 1.95 bits per heavy atom. The highest BCUT2D eigenvalue weighted by Crippen LogP contribution is 2.16. The summed E-state index contributed by atoms with van der Waals surface area (Å²) in [5, 5.41) is 0. The number of amides is 1. The Balaban J connectivity index is 1.95. The van der Waals surface area contributed by atoms with Crippen LogP contribution in [0, 0.1) is 0 Å². The molecule has 4 heteroatoms. The zero-order valence-electron chi connectivity index (χ0n) is 14.0. The van der Waals surface area contributed by atoms with Crippen molar-refractivity contribution in [1.82, 2.24) is 9.80 Å². The molecule has 1 fully saturated rings. The second-order valence-electron chi connectivity index (χ2n) is 6.18. The molecule has 22 heavy (non-hydrogen) atoms. The lowest BCUT2D eigenvalue weighted by atomic mass is 10.1. The lowest BCUT2D eigenvalue weighted by Gasteiger charge is -2.30. The van der Waals surface area contributed by atoms with Crippen LogP contribution in [-0.4, -0.2) is 49.0 Å². The molecule has 0 N–H and O–H groups in total. The number of likely N-dealkylation sites (tertiary alicyclic amines) is 1. The van der Waals surface area contributed by atoms with Gasteiger partial charge in [0.05, 0.1) is 13.2 Å². The number of hydrogen-bond donors (Lipinski definition) is 0. The van der Waals surface area contributed by atoms with Crippen molar-refractivity contribution >= 4 is 5.91 Å². The summed E-state index contributed by atoms with van der Waals surface area (Å²) in [6.07, 6.45) is 4.77. The number of ether oxygens (including phenoxy) is 1. The number of methoxy groups -OCH3 is 1. The number of rotatable bonds is 5. The molecular weight excluding hydrogens is 276 g/mol. The van der Waals surface area contributed by atoms with Gasteiger partial charge in [0.25, 0.3) is 0 Å². The van der Waals surface area contributed by atoms with Gasteiger partial charge in [0, 0.05) is 19.6 Å². The average Bonchev–Trinajstić information content (AvgIpc) is 2.82. The number of benzene rings is 1. The molecule has 0 radical (unpaired) electrons. The summed E-state index contributed by atoms with van der Waals surface area (Å²) in [6.45, 7) is 4.58. The number of carbonyl (C=O) groups excluding carboxylic acids is 1. The van der Waals surface area contributed by atoms with Crippen molar-refractivity contribution in [2.75, 3.05) is 27.2 Å². The molecule has 1 aromatic carbocycles. The maximum atomic E-state index is 12.7. The molecule has 0 aliphatic carbocycles. The highest BCUT2D eigenvalue weighted by Gasteiger charge is 2.24. The first-order chi connectivity index (χ1) is 10.6. The predicted molar refractivity (Wildman–Crippen MR) is 89.0 cm³/mol. The van der Waals surface area contributed by atoms with E-state index in [1.807, 2.05) is 37.1 Å². The van der Waals surface area contributed by atoms with E-state index in [2.05, 4.69) is 11.0 Å². The van der Waals surface area contributed by atoms with Gasteiger partial charge in [-0.1, -0.05) is 25.0 Å². The molecule has 0 saturated carbocycles. The molecule has 1 amide bonds. The number of carbonyl (C=O) groups is 1. The molecular formula is C18H28N2O2. The van der Waals surface area contributed by atoms with E-state index in [0.717, 1.165) is 43.8 Å². The van der Waals surface area contributed by atoms with Crippen LogP contribution >= 0.6 is 0 Å². The van der Waals surface area contributed by atoms with E-state index < -0.39 is 0 Å². The second kappa shape index (κ2) is 8.18. The molecule has 0 aromatic heterocycles. The van der Waals surface area contributed by atoms with Gasteiger partial charge in [0.2, 0.25) is 5.91 Å². The van der Waals surface area contributed by atoms with Gasteiger partial charge in [-0.25, -0.2) is 0 Å². The van der Waals surface area contributed by atoms with Crippen LogP contribution < -0.4 is 4.74 Å². The predicted octanol–water partition coefficient (Wildman–Crippen LogP) is 2.92. The van der Waals surface area contributed by atoms with Gasteiger partial charge in [0.15, 0.2) is 0 Å². The summed E-state index contributed by atoms with van der Waals surface area (Å²) in [4.78, 5) is 16.8. The molecule has 1 aromatic rings. The standard InChI is InChI=1S/C18H28N2O2/c1-15(18(21)20-11-6-4-5-7-12-20)19(2)14-16-9-8-10-17(13-16)22-3/h8-10,13,15H,4-7,11-12,14H2,1-3H3. The third kappa shape index (κ3) is 4.47. The van der Waals surface area contributed by atoms with Gasteiger partial charge in [-0.05, 0) is 44.5 Å². The molecule has 0 bridgehead atoms. The quantitative estimate of drug-likeness (QED) is 0.838. The van der Waals surface area contributed by atoms with Crippen molar-refractivity contribution < 1.29 is 9.53 Å². The highest BCUT2D eigenvalue weighted by atomic mass is 16.5. The van der Waals surface area contributed by atoms with Crippen molar-refractivity contribution in [3.8, 4) is 5.75 Å². The number of nitrogens with zero attached hydrogens (tertiary/aromatic N) is 2. The Hall–Kier alpha value is -1.55. The summed E-state index contributed by atoms with van der Waals surface area (Å²) in [5.41, 5.74) is 1.16.